The molecule has 0 saturated carbocycles. The predicted molar refractivity (Wildman–Crippen MR) is 55.7 cm³/mol. The van der Waals surface area contributed by atoms with Crippen LogP contribution in [0.15, 0.2) is 12.7 Å². The first-order valence-corrected chi connectivity index (χ1v) is 4.95. The normalized spacial score (nSPS) is 14.2. The van der Waals surface area contributed by atoms with Gasteiger partial charge in [-0.2, -0.15) is 0 Å². The quantitative estimate of drug-likeness (QED) is 0.738. The number of hydrogen-bond donors (Lipinski definition) is 1. The Kier molecular flexibility index (Phi) is 2.83. The fourth-order valence-electron chi connectivity index (χ4n) is 1.04. The van der Waals surface area contributed by atoms with Crippen LogP contribution in [0, 0.1) is 0 Å². The van der Waals surface area contributed by atoms with Gasteiger partial charge < -0.3 is 5.73 Å². The van der Waals surface area contributed by atoms with E-state index >= 15 is 0 Å². The van der Waals surface area contributed by atoms with Crippen molar-refractivity contribution in [2.24, 2.45) is 5.73 Å². The van der Waals surface area contributed by atoms with E-state index in [1.807, 2.05) is 0 Å². The van der Waals surface area contributed by atoms with E-state index in [0.29, 0.717) is 0 Å². The molecule has 0 spiro atoms. The lowest BCUT2D eigenvalue weighted by Crippen LogP contribution is -2.17. The number of hydrogen-bond acceptors (Lipinski definition) is 4. The smallest absolute Gasteiger partial charge is 0.0860 e. The maximum Gasteiger partial charge on any atom is 0.0860 e. The Balaban J connectivity index is 3.10. The third-order valence-corrected chi connectivity index (χ3v) is 2.61. The molecule has 0 amide bonds. The van der Waals surface area contributed by atoms with Gasteiger partial charge in [0.2, 0.25) is 0 Å². The number of aromatic nitrogens is 2. The lowest BCUT2D eigenvalue weighted by molar-refractivity contribution is 0.557. The van der Waals surface area contributed by atoms with Crippen LogP contribution in [-0.4, -0.2) is 9.59 Å². The number of nitrogens with two attached hydrogens (primary N) is 1. The van der Waals surface area contributed by atoms with Crippen molar-refractivity contribution in [3.05, 3.63) is 23.2 Å². The summed E-state index contributed by atoms with van der Waals surface area (Å²) in [5.41, 5.74) is 6.83. The molecule has 0 fully saturated rings. The predicted octanol–water partition coefficient (Wildman–Crippen LogP) is 2.02. The van der Waals surface area contributed by atoms with Crippen molar-refractivity contribution in [3.63, 3.8) is 0 Å². The molecule has 0 bridgehead atoms. The van der Waals surface area contributed by atoms with Crippen molar-refractivity contribution in [3.8, 4) is 0 Å². The second-order valence-corrected chi connectivity index (χ2v) is 4.78. The highest BCUT2D eigenvalue weighted by atomic mass is 32.1. The van der Waals surface area contributed by atoms with E-state index < -0.39 is 0 Å². The molecular formula is C9H15N3S. The third-order valence-electron chi connectivity index (χ3n) is 1.78. The molecule has 1 atom stereocenters. The summed E-state index contributed by atoms with van der Waals surface area (Å²) in [6.45, 7) is 9.97. The highest BCUT2D eigenvalue weighted by Gasteiger charge is 2.24. The summed E-state index contributed by atoms with van der Waals surface area (Å²) >= 11 is 1.35. The summed E-state index contributed by atoms with van der Waals surface area (Å²) in [6, 6.07) is -0.144. The number of rotatable bonds is 2. The largest absolute Gasteiger partial charge is 0.320 e. The van der Waals surface area contributed by atoms with E-state index in [1.165, 1.54) is 11.5 Å². The molecular weight excluding hydrogens is 182 g/mol. The van der Waals surface area contributed by atoms with Gasteiger partial charge >= 0.3 is 0 Å². The van der Waals surface area contributed by atoms with E-state index in [4.69, 9.17) is 5.73 Å². The van der Waals surface area contributed by atoms with Gasteiger partial charge in [0, 0.05) is 5.41 Å². The first-order valence-electron chi connectivity index (χ1n) is 4.17. The summed E-state index contributed by atoms with van der Waals surface area (Å²) in [6.07, 6.45) is 1.71. The SMILES string of the molecule is C=CC(N)c1snnc1C(C)(C)C. The third kappa shape index (κ3) is 2.14. The molecule has 0 aromatic carbocycles. The van der Waals surface area contributed by atoms with Crippen LogP contribution in [0.25, 0.3) is 0 Å². The minimum atomic E-state index is -0.144. The zero-order valence-electron chi connectivity index (χ0n) is 8.24. The van der Waals surface area contributed by atoms with Gasteiger partial charge in [0.05, 0.1) is 16.6 Å². The average molecular weight is 197 g/mol. The van der Waals surface area contributed by atoms with Crippen LogP contribution >= 0.6 is 11.5 Å². The van der Waals surface area contributed by atoms with Gasteiger partial charge in [-0.3, -0.25) is 0 Å². The van der Waals surface area contributed by atoms with E-state index in [1.54, 1.807) is 6.08 Å². The van der Waals surface area contributed by atoms with Crippen LogP contribution in [0.5, 0.6) is 0 Å². The first kappa shape index (κ1) is 10.3. The van der Waals surface area contributed by atoms with Crippen molar-refractivity contribution < 1.29 is 0 Å². The van der Waals surface area contributed by atoms with Crippen molar-refractivity contribution in [2.45, 2.75) is 32.2 Å². The molecule has 1 rings (SSSR count). The fourth-order valence-corrected chi connectivity index (χ4v) is 1.90. The molecule has 72 valence electrons. The molecule has 1 unspecified atom stereocenters. The molecule has 3 nitrogen and oxygen atoms in total. The lowest BCUT2D eigenvalue weighted by atomic mass is 9.90. The summed E-state index contributed by atoms with van der Waals surface area (Å²) in [5, 5.41) is 4.10. The second-order valence-electron chi connectivity index (χ2n) is 4.00. The molecule has 0 saturated heterocycles. The minimum Gasteiger partial charge on any atom is -0.320 e. The minimum absolute atomic E-state index is 0.00294. The standard InChI is InChI=1S/C9H15N3S/c1-5-6(10)7-8(9(2,3)4)11-12-13-7/h5-6H,1,10H2,2-4H3. The Labute approximate surface area is 82.8 Å². The maximum absolute atomic E-state index is 5.85. The van der Waals surface area contributed by atoms with Crippen molar-refractivity contribution in [1.29, 1.82) is 0 Å². The Bertz CT molecular complexity index is 298. The summed E-state index contributed by atoms with van der Waals surface area (Å²) < 4.78 is 3.92. The molecule has 0 aliphatic heterocycles. The monoisotopic (exact) mass is 197 g/mol. The Morgan fingerprint density at radius 3 is 2.62 bits per heavy atom. The topological polar surface area (TPSA) is 51.8 Å². The van der Waals surface area contributed by atoms with Gasteiger partial charge in [-0.1, -0.05) is 31.3 Å². The second kappa shape index (κ2) is 3.55. The van der Waals surface area contributed by atoms with Gasteiger partial charge in [0.15, 0.2) is 0 Å². The molecule has 0 aliphatic carbocycles. The lowest BCUT2D eigenvalue weighted by Gasteiger charge is -2.17. The van der Waals surface area contributed by atoms with Crippen LogP contribution in [-0.2, 0) is 5.41 Å². The molecule has 2 N–H and O–H groups in total. The van der Waals surface area contributed by atoms with Crippen LogP contribution in [0.3, 0.4) is 0 Å². The van der Waals surface area contributed by atoms with Crippen LogP contribution in [0.4, 0.5) is 0 Å². The van der Waals surface area contributed by atoms with Gasteiger partial charge in [-0.05, 0) is 11.5 Å². The van der Waals surface area contributed by atoms with Crippen LogP contribution in [0.2, 0.25) is 0 Å². The van der Waals surface area contributed by atoms with E-state index in [-0.39, 0.29) is 11.5 Å². The van der Waals surface area contributed by atoms with Crippen molar-refractivity contribution in [2.75, 3.05) is 0 Å². The van der Waals surface area contributed by atoms with Crippen molar-refractivity contribution >= 4 is 11.5 Å². The Morgan fingerprint density at radius 1 is 1.54 bits per heavy atom. The zero-order chi connectivity index (χ0) is 10.1. The molecule has 1 heterocycles. The number of nitrogens with zero attached hydrogens (tertiary/aromatic N) is 2. The van der Waals surface area contributed by atoms with E-state index in [0.717, 1.165) is 10.6 Å². The van der Waals surface area contributed by atoms with Gasteiger partial charge in [-0.15, -0.1) is 11.7 Å². The Morgan fingerprint density at radius 2 is 2.15 bits per heavy atom. The highest BCUT2D eigenvalue weighted by Crippen LogP contribution is 2.29. The molecule has 0 aliphatic rings. The molecule has 0 radical (unpaired) electrons. The zero-order valence-corrected chi connectivity index (χ0v) is 9.06. The van der Waals surface area contributed by atoms with Crippen molar-refractivity contribution in [1.82, 2.24) is 9.59 Å². The summed E-state index contributed by atoms with van der Waals surface area (Å²) in [4.78, 5) is 1.02. The first-order chi connectivity index (χ1) is 5.96. The van der Waals surface area contributed by atoms with Gasteiger partial charge in [0.1, 0.15) is 0 Å². The van der Waals surface area contributed by atoms with E-state index in [2.05, 4.69) is 36.9 Å². The summed E-state index contributed by atoms with van der Waals surface area (Å²) in [7, 11) is 0. The molecule has 13 heavy (non-hydrogen) atoms. The maximum atomic E-state index is 5.85. The van der Waals surface area contributed by atoms with Gasteiger partial charge in [0.25, 0.3) is 0 Å². The Hall–Kier alpha value is -0.740. The highest BCUT2D eigenvalue weighted by molar-refractivity contribution is 7.05. The average Bonchev–Trinajstić information content (AvgIpc) is 2.49. The van der Waals surface area contributed by atoms with Crippen LogP contribution < -0.4 is 5.73 Å². The van der Waals surface area contributed by atoms with Crippen LogP contribution in [0.1, 0.15) is 37.4 Å². The van der Waals surface area contributed by atoms with E-state index in [9.17, 15) is 0 Å². The van der Waals surface area contributed by atoms with Gasteiger partial charge in [-0.25, -0.2) is 0 Å². The molecule has 4 heteroatoms. The summed E-state index contributed by atoms with van der Waals surface area (Å²) in [5.74, 6) is 0. The molecule has 1 aromatic heterocycles. The fraction of sp³-hybridized carbons (Fsp3) is 0.556. The molecule has 1 aromatic rings.